The number of carboxylic acids is 1. The summed E-state index contributed by atoms with van der Waals surface area (Å²) in [5.41, 5.74) is 4.94. The highest BCUT2D eigenvalue weighted by molar-refractivity contribution is 5.73. The van der Waals surface area contributed by atoms with Gasteiger partial charge in [-0.1, -0.05) is 0 Å². The summed E-state index contributed by atoms with van der Waals surface area (Å²) in [5.74, 6) is -5.87. The Bertz CT molecular complexity index is 672. The fraction of sp³-hybridized carbons (Fsp3) is 0.882. The van der Waals surface area contributed by atoms with Crippen molar-refractivity contribution in [2.75, 3.05) is 13.2 Å². The Morgan fingerprint density at radius 2 is 1.69 bits per heavy atom. The van der Waals surface area contributed by atoms with Crippen LogP contribution in [0.25, 0.3) is 0 Å². The van der Waals surface area contributed by atoms with Crippen LogP contribution < -0.4 is 11.1 Å². The second kappa shape index (κ2) is 10.6. The molecule has 0 aliphatic carbocycles. The molecule has 2 rings (SSSR count). The number of nitrogens with two attached hydrogens (primary N) is 1. The van der Waals surface area contributed by atoms with Gasteiger partial charge in [-0.15, -0.1) is 0 Å². The summed E-state index contributed by atoms with van der Waals surface area (Å²) in [6.45, 7) is 0.0419. The van der Waals surface area contributed by atoms with Gasteiger partial charge >= 0.3 is 5.97 Å². The first-order chi connectivity index (χ1) is 14.8. The predicted molar refractivity (Wildman–Crippen MR) is 97.1 cm³/mol. The maximum absolute atomic E-state index is 13.6. The van der Waals surface area contributed by atoms with Gasteiger partial charge in [-0.3, -0.25) is 4.79 Å². The number of halogens is 2. The lowest BCUT2D eigenvalue weighted by atomic mass is 9.96. The van der Waals surface area contributed by atoms with Crippen molar-refractivity contribution in [1.29, 1.82) is 0 Å². The summed E-state index contributed by atoms with van der Waals surface area (Å²) < 4.78 is 48.0. The van der Waals surface area contributed by atoms with E-state index >= 15 is 0 Å². The second-order valence-electron chi connectivity index (χ2n) is 7.63. The Labute approximate surface area is 181 Å². The van der Waals surface area contributed by atoms with E-state index in [2.05, 4.69) is 5.32 Å². The van der Waals surface area contributed by atoms with Crippen molar-refractivity contribution in [3.8, 4) is 0 Å². The van der Waals surface area contributed by atoms with Crippen LogP contribution in [-0.2, 0) is 28.5 Å². The number of hydrogen-bond donors (Lipinski definition) is 7. The van der Waals surface area contributed by atoms with Gasteiger partial charge in [-0.2, -0.15) is 0 Å². The number of ether oxygens (including phenoxy) is 4. The van der Waals surface area contributed by atoms with Crippen LogP contribution in [0.3, 0.4) is 0 Å². The highest BCUT2D eigenvalue weighted by Gasteiger charge is 2.53. The Balaban J connectivity index is 2.29. The van der Waals surface area contributed by atoms with Crippen LogP contribution in [-0.4, -0.2) is 118 Å². The Hall–Kier alpha value is -1.56. The fourth-order valence-corrected chi connectivity index (χ4v) is 3.27. The summed E-state index contributed by atoms with van der Waals surface area (Å²) in [5, 5.41) is 52.3. The molecule has 0 radical (unpaired) electrons. The largest absolute Gasteiger partial charge is 0.479 e. The number of hydrogen-bond acceptors (Lipinski definition) is 11. The molecule has 2 aliphatic heterocycles. The van der Waals surface area contributed by atoms with Crippen LogP contribution in [0, 0.1) is 0 Å². The SMILES string of the molecule is CC(=O)NC1C(O)[C@H](O)C(C)O[C@H]1OC1C(O)[C@H](O)C(C(=O)O)O[C@H]1OCC(F)(F)CN. The summed E-state index contributed by atoms with van der Waals surface area (Å²) >= 11 is 0. The molecule has 186 valence electrons. The van der Waals surface area contributed by atoms with Crippen LogP contribution >= 0.6 is 0 Å². The van der Waals surface area contributed by atoms with Gasteiger partial charge in [0.05, 0.1) is 12.6 Å². The van der Waals surface area contributed by atoms with Crippen LogP contribution in [0.1, 0.15) is 13.8 Å². The lowest BCUT2D eigenvalue weighted by molar-refractivity contribution is -0.352. The molecule has 2 saturated heterocycles. The molecular weight excluding hydrogens is 446 g/mol. The van der Waals surface area contributed by atoms with Crippen molar-refractivity contribution in [2.24, 2.45) is 5.73 Å². The molecule has 15 heteroatoms. The van der Waals surface area contributed by atoms with Crippen molar-refractivity contribution >= 4 is 11.9 Å². The van der Waals surface area contributed by atoms with Gasteiger partial charge in [0.1, 0.15) is 43.2 Å². The maximum atomic E-state index is 13.6. The van der Waals surface area contributed by atoms with Crippen LogP contribution in [0.15, 0.2) is 0 Å². The third kappa shape index (κ3) is 6.06. The second-order valence-corrected chi connectivity index (χ2v) is 7.63. The van der Waals surface area contributed by atoms with Gasteiger partial charge in [0.2, 0.25) is 5.91 Å². The van der Waals surface area contributed by atoms with Gasteiger partial charge < -0.3 is 55.5 Å². The molecule has 0 spiro atoms. The summed E-state index contributed by atoms with van der Waals surface area (Å²) in [7, 11) is 0. The van der Waals surface area contributed by atoms with Crippen LogP contribution in [0.2, 0.25) is 0 Å². The average molecular weight is 474 g/mol. The molecule has 0 aromatic carbocycles. The number of aliphatic carboxylic acids is 1. The average Bonchev–Trinajstić information content (AvgIpc) is 2.71. The van der Waals surface area contributed by atoms with Crippen molar-refractivity contribution in [3.05, 3.63) is 0 Å². The Morgan fingerprint density at radius 1 is 1.06 bits per heavy atom. The molecule has 6 unspecified atom stereocenters. The van der Waals surface area contributed by atoms with E-state index in [1.165, 1.54) is 6.92 Å². The molecule has 0 bridgehead atoms. The van der Waals surface area contributed by atoms with Crippen molar-refractivity contribution in [3.63, 3.8) is 0 Å². The van der Waals surface area contributed by atoms with Gasteiger partial charge in [-0.25, -0.2) is 13.6 Å². The molecule has 2 aliphatic rings. The fourth-order valence-electron chi connectivity index (χ4n) is 3.27. The number of rotatable bonds is 8. The lowest BCUT2D eigenvalue weighted by Gasteiger charge is -2.46. The van der Waals surface area contributed by atoms with Gasteiger partial charge in [0, 0.05) is 6.92 Å². The van der Waals surface area contributed by atoms with Crippen LogP contribution in [0.5, 0.6) is 0 Å². The van der Waals surface area contributed by atoms with E-state index in [4.69, 9.17) is 24.7 Å². The lowest BCUT2D eigenvalue weighted by Crippen LogP contribution is -2.67. The molecule has 0 aromatic heterocycles. The van der Waals surface area contributed by atoms with E-state index in [0.29, 0.717) is 0 Å². The first kappa shape index (κ1) is 26.7. The molecule has 8 N–H and O–H groups in total. The van der Waals surface area contributed by atoms with Gasteiger partial charge in [0.25, 0.3) is 5.92 Å². The predicted octanol–water partition coefficient (Wildman–Crippen LogP) is -3.52. The monoisotopic (exact) mass is 474 g/mol. The van der Waals surface area contributed by atoms with E-state index in [1.54, 1.807) is 0 Å². The van der Waals surface area contributed by atoms with Crippen molar-refractivity contribution in [2.45, 2.75) is 81.1 Å². The smallest absolute Gasteiger partial charge is 0.335 e. The molecule has 0 saturated carbocycles. The number of carbonyl (C=O) groups excluding carboxylic acids is 1. The number of alkyl halides is 2. The normalized spacial score (nSPS) is 40.7. The molecule has 10 atom stereocenters. The molecule has 0 aromatic rings. The quantitative estimate of drug-likeness (QED) is 0.183. The first-order valence-corrected chi connectivity index (χ1v) is 9.67. The molecule has 2 fully saturated rings. The van der Waals surface area contributed by atoms with Crippen LogP contribution in [0.4, 0.5) is 8.78 Å². The highest BCUT2D eigenvalue weighted by Crippen LogP contribution is 2.30. The maximum Gasteiger partial charge on any atom is 0.335 e. The van der Waals surface area contributed by atoms with E-state index in [1.807, 2.05) is 0 Å². The van der Waals surface area contributed by atoms with E-state index < -0.39 is 92.3 Å². The zero-order valence-electron chi connectivity index (χ0n) is 17.2. The van der Waals surface area contributed by atoms with E-state index in [0.717, 1.165) is 6.92 Å². The minimum absolute atomic E-state index is 0.644. The topological polar surface area (TPSA) is 210 Å². The third-order valence-electron chi connectivity index (χ3n) is 5.05. The number of amides is 1. The first-order valence-electron chi connectivity index (χ1n) is 9.67. The minimum atomic E-state index is -3.53. The number of aliphatic hydroxyl groups excluding tert-OH is 4. The minimum Gasteiger partial charge on any atom is -0.479 e. The van der Waals surface area contributed by atoms with Crippen molar-refractivity contribution in [1.82, 2.24) is 5.32 Å². The van der Waals surface area contributed by atoms with E-state index in [9.17, 15) is 43.9 Å². The molecule has 1 amide bonds. The number of nitrogens with one attached hydrogen (secondary N) is 1. The Morgan fingerprint density at radius 3 is 2.22 bits per heavy atom. The molecule has 13 nitrogen and oxygen atoms in total. The summed E-state index contributed by atoms with van der Waals surface area (Å²) in [6, 6.07) is -1.38. The molecule has 2 heterocycles. The van der Waals surface area contributed by atoms with Crippen molar-refractivity contribution < 1.29 is 62.8 Å². The number of carboxylic acid groups (broad SMARTS) is 1. The van der Waals surface area contributed by atoms with Gasteiger partial charge in [0.15, 0.2) is 18.7 Å². The molecule has 32 heavy (non-hydrogen) atoms. The highest BCUT2D eigenvalue weighted by atomic mass is 19.3. The standard InChI is InChI=1S/C17H28F2N2O11/c1-5-8(23)9(24)7(21-6(2)22)15(30-5)32-13-11(26)10(25)12(14(27)28)31-16(13)29-4-17(18,19)3-20/h5,7-13,15-16,23-26H,3-4,20H2,1-2H3,(H,21,22)(H,27,28)/t5?,7?,8-,9?,10+,11?,12?,13?,15+,16-/m1/s1. The number of carbonyl (C=O) groups is 2. The summed E-state index contributed by atoms with van der Waals surface area (Å²) in [6.07, 6.45) is -15.5. The Kier molecular flexibility index (Phi) is 8.82. The number of aliphatic hydroxyl groups is 4. The zero-order valence-corrected chi connectivity index (χ0v) is 17.2. The molecular formula is C17H28F2N2O11. The summed E-state index contributed by atoms with van der Waals surface area (Å²) in [4.78, 5) is 22.8. The van der Waals surface area contributed by atoms with E-state index in [-0.39, 0.29) is 0 Å². The third-order valence-corrected chi connectivity index (χ3v) is 5.05. The zero-order chi connectivity index (χ0) is 24.4. The van der Waals surface area contributed by atoms with Gasteiger partial charge in [-0.05, 0) is 6.92 Å².